The summed E-state index contributed by atoms with van der Waals surface area (Å²) in [6, 6.07) is 23.6. The number of hydrogen-bond acceptors (Lipinski definition) is 6. The van der Waals surface area contributed by atoms with Crippen molar-refractivity contribution < 1.29 is 27.5 Å². The lowest BCUT2D eigenvalue weighted by Gasteiger charge is -2.45. The number of morpholine rings is 1. The summed E-state index contributed by atoms with van der Waals surface area (Å²) in [6.07, 6.45) is -0.298. The van der Waals surface area contributed by atoms with Gasteiger partial charge in [-0.05, 0) is 81.5 Å². The molecule has 44 heavy (non-hydrogen) atoms. The molecule has 1 amide bonds. The molecule has 0 N–H and O–H groups in total. The van der Waals surface area contributed by atoms with Gasteiger partial charge < -0.3 is 14.4 Å². The van der Waals surface area contributed by atoms with Crippen LogP contribution in [0.1, 0.15) is 63.4 Å². The fraction of sp³-hybridized carbons (Fsp3) is 0.353. The van der Waals surface area contributed by atoms with Crippen LogP contribution in [0.5, 0.6) is 0 Å². The quantitative estimate of drug-likeness (QED) is 0.201. The summed E-state index contributed by atoms with van der Waals surface area (Å²) >= 11 is 6.45. The minimum Gasteiger partial charge on any atom is -0.460 e. The maximum atomic E-state index is 14.4. The number of carbonyl (C=O) groups excluding carboxylic acids is 2. The SMILES string of the molecule is CC(C)(C)OC(=O)C[C@@H]1O[C@H](c2cccc(Cl)c2)[C@@H](c2cc3ccccc3n2S(=O)(=O)c2ccccc2)N(CC2CC2)C1=O. The Labute approximate surface area is 262 Å². The number of hydrogen-bond donors (Lipinski definition) is 0. The number of nitrogens with zero attached hydrogens (tertiary/aromatic N) is 2. The molecule has 1 aromatic heterocycles. The maximum absolute atomic E-state index is 14.4. The summed E-state index contributed by atoms with van der Waals surface area (Å²) in [5.74, 6) is -0.656. The van der Waals surface area contributed by atoms with E-state index in [9.17, 15) is 18.0 Å². The molecule has 230 valence electrons. The largest absolute Gasteiger partial charge is 0.460 e. The second kappa shape index (κ2) is 11.7. The first-order chi connectivity index (χ1) is 20.9. The average molecular weight is 635 g/mol. The Morgan fingerprint density at radius 1 is 0.977 bits per heavy atom. The fourth-order valence-corrected chi connectivity index (χ4v) is 7.60. The molecule has 1 saturated carbocycles. The van der Waals surface area contributed by atoms with Crippen LogP contribution >= 0.6 is 11.6 Å². The van der Waals surface area contributed by atoms with Gasteiger partial charge in [-0.15, -0.1) is 0 Å². The number of ether oxygens (including phenoxy) is 2. The minimum absolute atomic E-state index is 0.126. The average Bonchev–Trinajstić information content (AvgIpc) is 3.71. The summed E-state index contributed by atoms with van der Waals surface area (Å²) in [6.45, 7) is 5.71. The van der Waals surface area contributed by atoms with E-state index in [0.29, 0.717) is 33.7 Å². The normalized spacial score (nSPS) is 21.0. The first kappa shape index (κ1) is 30.4. The zero-order valence-corrected chi connectivity index (χ0v) is 26.4. The number of carbonyl (C=O) groups is 2. The third kappa shape index (κ3) is 6.14. The van der Waals surface area contributed by atoms with Crippen LogP contribution in [0.4, 0.5) is 0 Å². The second-order valence-corrected chi connectivity index (χ2v) is 14.7. The zero-order valence-electron chi connectivity index (χ0n) is 24.9. The molecule has 2 heterocycles. The Balaban J connectivity index is 1.54. The highest BCUT2D eigenvalue weighted by atomic mass is 35.5. The molecule has 4 aromatic rings. The summed E-state index contributed by atoms with van der Waals surface area (Å²) in [5, 5.41) is 1.18. The zero-order chi connectivity index (χ0) is 31.2. The third-order valence-corrected chi connectivity index (χ3v) is 9.86. The topological polar surface area (TPSA) is 94.9 Å². The first-order valence-electron chi connectivity index (χ1n) is 14.8. The Bertz CT molecular complexity index is 1810. The van der Waals surface area contributed by atoms with E-state index in [0.717, 1.165) is 12.8 Å². The van der Waals surface area contributed by atoms with Crippen LogP contribution < -0.4 is 0 Å². The Morgan fingerprint density at radius 3 is 2.36 bits per heavy atom. The van der Waals surface area contributed by atoms with E-state index in [2.05, 4.69) is 0 Å². The third-order valence-electron chi connectivity index (χ3n) is 7.87. The van der Waals surface area contributed by atoms with Crippen molar-refractivity contribution in [1.29, 1.82) is 0 Å². The monoisotopic (exact) mass is 634 g/mol. The van der Waals surface area contributed by atoms with Crippen molar-refractivity contribution in [2.45, 2.75) is 68.8 Å². The van der Waals surface area contributed by atoms with Gasteiger partial charge in [0.25, 0.3) is 15.9 Å². The van der Waals surface area contributed by atoms with Crippen molar-refractivity contribution in [3.05, 3.63) is 101 Å². The Hall–Kier alpha value is -3.66. The predicted molar refractivity (Wildman–Crippen MR) is 168 cm³/mol. The van der Waals surface area contributed by atoms with Gasteiger partial charge in [0.15, 0.2) is 0 Å². The summed E-state index contributed by atoms with van der Waals surface area (Å²) in [5.41, 5.74) is 0.818. The number of benzene rings is 3. The van der Waals surface area contributed by atoms with E-state index in [1.807, 2.05) is 24.3 Å². The van der Waals surface area contributed by atoms with Crippen LogP contribution in [0, 0.1) is 5.92 Å². The maximum Gasteiger partial charge on any atom is 0.309 e. The van der Waals surface area contributed by atoms with Crippen molar-refractivity contribution in [2.75, 3.05) is 6.54 Å². The van der Waals surface area contributed by atoms with Crippen molar-refractivity contribution in [1.82, 2.24) is 8.87 Å². The molecule has 0 spiro atoms. The number of aromatic nitrogens is 1. The molecule has 1 aliphatic heterocycles. The Kier molecular flexibility index (Phi) is 8.07. The number of esters is 1. The number of amides is 1. The van der Waals surface area contributed by atoms with Gasteiger partial charge in [0.2, 0.25) is 0 Å². The summed E-state index contributed by atoms with van der Waals surface area (Å²) in [7, 11) is -4.10. The van der Waals surface area contributed by atoms with E-state index in [1.54, 1.807) is 86.3 Å². The molecule has 0 radical (unpaired) electrons. The van der Waals surface area contributed by atoms with Gasteiger partial charge >= 0.3 is 5.97 Å². The van der Waals surface area contributed by atoms with Crippen LogP contribution in [0.2, 0.25) is 5.02 Å². The predicted octanol–water partition coefficient (Wildman–Crippen LogP) is 6.68. The molecule has 0 bridgehead atoms. The van der Waals surface area contributed by atoms with Crippen LogP contribution in [0.15, 0.2) is 89.8 Å². The van der Waals surface area contributed by atoms with Gasteiger partial charge in [-0.3, -0.25) is 9.59 Å². The molecule has 1 aliphatic carbocycles. The van der Waals surface area contributed by atoms with Crippen molar-refractivity contribution in [2.24, 2.45) is 5.92 Å². The second-order valence-electron chi connectivity index (χ2n) is 12.5. The molecule has 0 unspecified atom stereocenters. The molecule has 10 heteroatoms. The molecule has 3 aromatic carbocycles. The van der Waals surface area contributed by atoms with Crippen LogP contribution in [-0.2, 0) is 29.1 Å². The summed E-state index contributed by atoms with van der Waals surface area (Å²) < 4.78 is 42.2. The fourth-order valence-electron chi connectivity index (χ4n) is 5.83. The van der Waals surface area contributed by atoms with Gasteiger partial charge in [-0.25, -0.2) is 12.4 Å². The van der Waals surface area contributed by atoms with Crippen molar-refractivity contribution in [3.8, 4) is 0 Å². The van der Waals surface area contributed by atoms with Gasteiger partial charge in [0, 0.05) is 17.0 Å². The molecule has 3 atom stereocenters. The molecule has 6 rings (SSSR count). The van der Waals surface area contributed by atoms with Gasteiger partial charge in [0.05, 0.1) is 22.5 Å². The molecular formula is C34H35ClN2O6S. The molecule has 2 aliphatic rings. The van der Waals surface area contributed by atoms with Crippen molar-refractivity contribution in [3.63, 3.8) is 0 Å². The van der Waals surface area contributed by atoms with E-state index in [-0.39, 0.29) is 23.1 Å². The molecule has 2 fully saturated rings. The molecule has 8 nitrogen and oxygen atoms in total. The first-order valence-corrected chi connectivity index (χ1v) is 16.6. The number of para-hydroxylation sites is 1. The highest BCUT2D eigenvalue weighted by Crippen LogP contribution is 2.47. The van der Waals surface area contributed by atoms with Crippen molar-refractivity contribution >= 4 is 44.4 Å². The summed E-state index contributed by atoms with van der Waals surface area (Å²) in [4.78, 5) is 29.1. The smallest absolute Gasteiger partial charge is 0.309 e. The van der Waals surface area contributed by atoms with E-state index in [4.69, 9.17) is 21.1 Å². The van der Waals surface area contributed by atoms with E-state index in [1.165, 1.54) is 3.97 Å². The lowest BCUT2D eigenvalue weighted by molar-refractivity contribution is -0.183. The Morgan fingerprint density at radius 2 is 1.68 bits per heavy atom. The van der Waals surface area contributed by atoms with Gasteiger partial charge in [-0.1, -0.05) is 60.1 Å². The number of fused-ring (bicyclic) bond motifs is 1. The lowest BCUT2D eigenvalue weighted by atomic mass is 9.93. The molecule has 1 saturated heterocycles. The van der Waals surface area contributed by atoms with Crippen LogP contribution in [-0.4, -0.2) is 47.4 Å². The minimum atomic E-state index is -4.10. The molecular weight excluding hydrogens is 600 g/mol. The number of rotatable bonds is 8. The van der Waals surface area contributed by atoms with Crippen LogP contribution in [0.25, 0.3) is 10.9 Å². The van der Waals surface area contributed by atoms with E-state index < -0.39 is 39.8 Å². The number of halogens is 1. The standard InChI is InChI=1S/C34H35ClN2O6S/c1-34(2,3)43-30(38)20-29-33(39)36(21-22-16-17-22)31(32(42-29)24-11-9-12-25(35)18-24)28-19-23-10-7-8-15-27(23)37(28)44(40,41)26-13-5-4-6-14-26/h4-15,18-19,22,29,31-32H,16-17,20-21H2,1-3H3/t29-,31+,32+/m0/s1. The van der Waals surface area contributed by atoms with Gasteiger partial charge in [-0.2, -0.15) is 0 Å². The lowest BCUT2D eigenvalue weighted by Crippen LogP contribution is -2.52. The van der Waals surface area contributed by atoms with E-state index >= 15 is 0 Å². The van der Waals surface area contributed by atoms with Crippen LogP contribution in [0.3, 0.4) is 0 Å². The van der Waals surface area contributed by atoms with Gasteiger partial charge in [0.1, 0.15) is 23.9 Å². The highest BCUT2D eigenvalue weighted by molar-refractivity contribution is 7.90. The highest BCUT2D eigenvalue weighted by Gasteiger charge is 2.48.